The highest BCUT2D eigenvalue weighted by molar-refractivity contribution is 6.33. The highest BCUT2D eigenvalue weighted by Crippen LogP contribution is 2.44. The number of carbonyl (C=O) groups excluding carboxylic acids is 1. The molecule has 40 heavy (non-hydrogen) atoms. The number of nitrogens with one attached hydrogen (secondary N) is 1. The normalized spacial score (nSPS) is 23.1. The molecule has 2 aromatic carbocycles. The van der Waals surface area contributed by atoms with Crippen LogP contribution in [0.4, 0.5) is 4.79 Å². The summed E-state index contributed by atoms with van der Waals surface area (Å²) in [7, 11) is 1.92. The number of likely N-dealkylation sites (tertiary alicyclic amines) is 2. The molecule has 212 valence electrons. The van der Waals surface area contributed by atoms with Crippen LogP contribution in [0.15, 0.2) is 45.6 Å². The first-order chi connectivity index (χ1) is 19.2. The van der Waals surface area contributed by atoms with Crippen molar-refractivity contribution in [2.45, 2.75) is 49.7 Å². The topological polar surface area (TPSA) is 115 Å². The summed E-state index contributed by atoms with van der Waals surface area (Å²) < 4.78 is 12.3. The zero-order valence-corrected chi connectivity index (χ0v) is 23.2. The molecule has 10 heteroatoms. The van der Waals surface area contributed by atoms with Gasteiger partial charge in [-0.15, -0.1) is 0 Å². The Bertz CT molecular complexity index is 1490. The van der Waals surface area contributed by atoms with Crippen molar-refractivity contribution < 1.29 is 24.2 Å². The lowest BCUT2D eigenvalue weighted by Gasteiger charge is -2.39. The maximum atomic E-state index is 13.4. The quantitative estimate of drug-likeness (QED) is 0.429. The summed E-state index contributed by atoms with van der Waals surface area (Å²) in [5.74, 6) is -0.530. The third-order valence-electron chi connectivity index (χ3n) is 8.78. The number of ether oxygens (including phenoxy) is 1. The molecule has 0 unspecified atom stereocenters. The first-order valence-electron chi connectivity index (χ1n) is 13.9. The zero-order valence-electron chi connectivity index (χ0n) is 22.5. The van der Waals surface area contributed by atoms with Gasteiger partial charge in [-0.05, 0) is 64.4 Å². The van der Waals surface area contributed by atoms with Crippen LogP contribution in [-0.2, 0) is 0 Å². The van der Waals surface area contributed by atoms with Gasteiger partial charge in [-0.2, -0.15) is 0 Å². The summed E-state index contributed by atoms with van der Waals surface area (Å²) in [6.45, 7) is 3.21. The van der Waals surface area contributed by atoms with Crippen LogP contribution in [0, 0.1) is 0 Å². The molecule has 3 saturated heterocycles. The van der Waals surface area contributed by atoms with E-state index in [1.54, 1.807) is 29.2 Å². The minimum absolute atomic E-state index is 0.0241. The van der Waals surface area contributed by atoms with E-state index in [-0.39, 0.29) is 33.8 Å². The van der Waals surface area contributed by atoms with Crippen LogP contribution in [0.3, 0.4) is 0 Å². The van der Waals surface area contributed by atoms with Crippen molar-refractivity contribution in [2.75, 3.05) is 39.8 Å². The van der Waals surface area contributed by atoms with Gasteiger partial charge in [-0.3, -0.25) is 4.79 Å². The Kier molecular flexibility index (Phi) is 7.25. The fourth-order valence-electron chi connectivity index (χ4n) is 6.54. The second kappa shape index (κ2) is 10.7. The highest BCUT2D eigenvalue weighted by Gasteiger charge is 2.39. The first-order valence-corrected chi connectivity index (χ1v) is 14.3. The number of carbonyl (C=O) groups is 1. The number of β-amino-alcohol motifs (C(OH)–C–C–N with tert-alkyl or cyclic N) is 1. The number of phenols is 1. The van der Waals surface area contributed by atoms with Gasteiger partial charge in [0.25, 0.3) is 0 Å². The monoisotopic (exact) mass is 567 g/mol. The molecule has 3 aliphatic rings. The Morgan fingerprint density at radius 1 is 1.18 bits per heavy atom. The van der Waals surface area contributed by atoms with Gasteiger partial charge in [0.15, 0.2) is 5.43 Å². The second-order valence-electron chi connectivity index (χ2n) is 11.4. The number of phenolic OH excluding ortho intramolecular Hbond substituents is 1. The number of aliphatic hydroxyl groups excluding tert-OH is 1. The summed E-state index contributed by atoms with van der Waals surface area (Å²) in [6, 6.07) is 9.60. The molecular formula is C30H34ClN3O6. The number of aliphatic hydroxyl groups is 1. The molecule has 0 saturated carbocycles. The van der Waals surface area contributed by atoms with Crippen molar-refractivity contribution >= 4 is 28.7 Å². The molecule has 9 nitrogen and oxygen atoms in total. The van der Waals surface area contributed by atoms with Crippen LogP contribution in [0.5, 0.6) is 11.5 Å². The molecule has 3 N–H and O–H groups in total. The first kappa shape index (κ1) is 27.1. The summed E-state index contributed by atoms with van der Waals surface area (Å²) in [5, 5.41) is 26.1. The fourth-order valence-corrected chi connectivity index (χ4v) is 6.77. The summed E-state index contributed by atoms with van der Waals surface area (Å²) in [4.78, 5) is 30.4. The van der Waals surface area contributed by atoms with Crippen molar-refractivity contribution in [2.24, 2.45) is 0 Å². The predicted octanol–water partition coefficient (Wildman–Crippen LogP) is 4.32. The average Bonchev–Trinajstić information content (AvgIpc) is 3.37. The van der Waals surface area contributed by atoms with Crippen LogP contribution in [-0.4, -0.2) is 77.5 Å². The molecule has 1 spiro atoms. The van der Waals surface area contributed by atoms with Gasteiger partial charge >= 0.3 is 6.09 Å². The van der Waals surface area contributed by atoms with E-state index in [1.165, 1.54) is 12.1 Å². The Labute approximate surface area is 237 Å². The average molecular weight is 568 g/mol. The van der Waals surface area contributed by atoms with Crippen LogP contribution in [0.1, 0.15) is 43.6 Å². The number of benzene rings is 2. The van der Waals surface area contributed by atoms with Crippen LogP contribution >= 0.6 is 11.6 Å². The predicted molar refractivity (Wildman–Crippen MR) is 152 cm³/mol. The Hall–Kier alpha value is -3.11. The van der Waals surface area contributed by atoms with Gasteiger partial charge in [0, 0.05) is 54.4 Å². The maximum absolute atomic E-state index is 13.4. The lowest BCUT2D eigenvalue weighted by atomic mass is 9.85. The van der Waals surface area contributed by atoms with Gasteiger partial charge in [0.05, 0.1) is 11.1 Å². The van der Waals surface area contributed by atoms with E-state index < -0.39 is 23.5 Å². The number of aromatic hydroxyl groups is 1. The molecule has 0 aliphatic carbocycles. The van der Waals surface area contributed by atoms with Crippen molar-refractivity contribution in [3.8, 4) is 22.8 Å². The lowest BCUT2D eigenvalue weighted by Crippen LogP contribution is -2.52. The molecule has 0 bridgehead atoms. The van der Waals surface area contributed by atoms with E-state index in [0.29, 0.717) is 48.7 Å². The summed E-state index contributed by atoms with van der Waals surface area (Å²) >= 11 is 6.42. The Balaban J connectivity index is 1.43. The van der Waals surface area contributed by atoms with Gasteiger partial charge in [-0.1, -0.05) is 23.7 Å². The third kappa shape index (κ3) is 4.96. The van der Waals surface area contributed by atoms with Crippen molar-refractivity contribution in [3.63, 3.8) is 0 Å². The largest absolute Gasteiger partial charge is 0.507 e. The molecule has 3 aromatic rings. The van der Waals surface area contributed by atoms with Gasteiger partial charge in [0.2, 0.25) is 0 Å². The van der Waals surface area contributed by atoms with E-state index in [9.17, 15) is 19.8 Å². The van der Waals surface area contributed by atoms with E-state index >= 15 is 0 Å². The molecule has 0 radical (unpaired) electrons. The smallest absolute Gasteiger partial charge is 0.415 e. The zero-order chi connectivity index (χ0) is 28.0. The molecule has 4 heterocycles. The molecule has 3 fully saturated rings. The number of piperidine rings is 2. The van der Waals surface area contributed by atoms with Gasteiger partial charge in [0.1, 0.15) is 28.2 Å². The Morgan fingerprint density at radius 2 is 1.95 bits per heavy atom. The van der Waals surface area contributed by atoms with Gasteiger partial charge in [-0.25, -0.2) is 4.79 Å². The molecule has 1 amide bonds. The lowest BCUT2D eigenvalue weighted by molar-refractivity contribution is 0.0625. The van der Waals surface area contributed by atoms with E-state index in [2.05, 4.69) is 5.32 Å². The van der Waals surface area contributed by atoms with Crippen LogP contribution in [0.2, 0.25) is 5.02 Å². The second-order valence-corrected chi connectivity index (χ2v) is 11.8. The van der Waals surface area contributed by atoms with Crippen LogP contribution in [0.25, 0.3) is 22.3 Å². The molecule has 3 aliphatic heterocycles. The third-order valence-corrected chi connectivity index (χ3v) is 9.11. The minimum atomic E-state index is -0.804. The number of amides is 1. The molecular weight excluding hydrogens is 534 g/mol. The van der Waals surface area contributed by atoms with Crippen LogP contribution < -0.4 is 15.5 Å². The van der Waals surface area contributed by atoms with Crippen molar-refractivity contribution in [1.29, 1.82) is 0 Å². The molecule has 6 rings (SSSR count). The number of nitrogens with zero attached hydrogens (tertiary/aromatic N) is 2. The minimum Gasteiger partial charge on any atom is -0.507 e. The number of hydrogen-bond acceptors (Lipinski definition) is 8. The van der Waals surface area contributed by atoms with Crippen molar-refractivity contribution in [1.82, 2.24) is 15.1 Å². The highest BCUT2D eigenvalue weighted by atomic mass is 35.5. The maximum Gasteiger partial charge on any atom is 0.415 e. The number of halogens is 1. The SMILES string of the molecule is CN1CC[C@H](c2c(OC(=O)N3CCC4(CCCN4)CC3)cc(O)c3c(=O)cc(-c4ccccc4Cl)oc23)[C@H](O)C1. The van der Waals surface area contributed by atoms with Gasteiger partial charge < -0.3 is 34.5 Å². The Morgan fingerprint density at radius 3 is 2.65 bits per heavy atom. The summed E-state index contributed by atoms with van der Waals surface area (Å²) in [6.07, 6.45) is 3.16. The van der Waals surface area contributed by atoms with Crippen molar-refractivity contribution in [3.05, 3.63) is 57.2 Å². The van der Waals surface area contributed by atoms with E-state index in [0.717, 1.165) is 32.2 Å². The number of likely N-dealkylation sites (N-methyl/N-ethyl adjacent to an activating group) is 1. The fraction of sp³-hybridized carbons (Fsp3) is 0.467. The van der Waals surface area contributed by atoms with E-state index in [4.69, 9.17) is 20.8 Å². The summed E-state index contributed by atoms with van der Waals surface area (Å²) in [5.41, 5.74) is 0.647. The number of hydrogen-bond donors (Lipinski definition) is 3. The van der Waals surface area contributed by atoms with E-state index in [1.807, 2.05) is 11.9 Å². The molecule has 2 atom stereocenters. The number of fused-ring (bicyclic) bond motifs is 1. The molecule has 1 aromatic heterocycles. The standard InChI is InChI=1S/C30H34ClN3O6/c1-33-12-7-19(23(37)17-33)26-25(40-29(38)34-13-9-30(10-14-34)8-4-11-32-30)16-22(36)27-21(35)15-24(39-28(26)27)18-5-2-3-6-20(18)31/h2-3,5-6,15-16,19,23,32,36-37H,4,7-14,17H2,1H3/t19-,23+/m0/s1. The number of rotatable bonds is 3.